The average Bonchev–Trinajstić information content (AvgIpc) is 3.33. The SMILES string of the molecule is O=C(COC(=O)c1ccc(Cn2cccn2)o1)NC(=O)NC1CCCCC1. The molecule has 1 aliphatic carbocycles. The molecular weight excluding hydrogens is 352 g/mol. The number of imide groups is 1. The van der Waals surface area contributed by atoms with Gasteiger partial charge in [-0.15, -0.1) is 0 Å². The quantitative estimate of drug-likeness (QED) is 0.746. The number of esters is 1. The zero-order valence-corrected chi connectivity index (χ0v) is 14.8. The van der Waals surface area contributed by atoms with Gasteiger partial charge in [-0.1, -0.05) is 19.3 Å². The summed E-state index contributed by atoms with van der Waals surface area (Å²) in [5.74, 6) is -0.955. The van der Waals surface area contributed by atoms with Gasteiger partial charge >= 0.3 is 12.0 Å². The molecule has 0 radical (unpaired) electrons. The van der Waals surface area contributed by atoms with E-state index in [4.69, 9.17) is 9.15 Å². The Bertz CT molecular complexity index is 778. The number of ether oxygens (including phenoxy) is 1. The van der Waals surface area contributed by atoms with Crippen molar-refractivity contribution >= 4 is 17.9 Å². The minimum atomic E-state index is -0.774. The number of rotatable bonds is 6. The summed E-state index contributed by atoms with van der Waals surface area (Å²) < 4.78 is 11.9. The molecule has 0 unspecified atom stereocenters. The summed E-state index contributed by atoms with van der Waals surface area (Å²) in [6.07, 6.45) is 8.55. The summed E-state index contributed by atoms with van der Waals surface area (Å²) in [5.41, 5.74) is 0. The number of amides is 3. The summed E-state index contributed by atoms with van der Waals surface area (Å²) in [7, 11) is 0. The van der Waals surface area contributed by atoms with E-state index in [2.05, 4.69) is 15.7 Å². The number of carbonyl (C=O) groups excluding carboxylic acids is 3. The molecular formula is C18H22N4O5. The lowest BCUT2D eigenvalue weighted by molar-refractivity contribution is -0.123. The van der Waals surface area contributed by atoms with Crippen molar-refractivity contribution in [2.45, 2.75) is 44.7 Å². The Morgan fingerprint density at radius 1 is 1.22 bits per heavy atom. The number of nitrogens with zero attached hydrogens (tertiary/aromatic N) is 2. The van der Waals surface area contributed by atoms with Gasteiger partial charge in [-0.3, -0.25) is 14.8 Å². The average molecular weight is 374 g/mol. The Hall–Kier alpha value is -3.10. The van der Waals surface area contributed by atoms with E-state index in [1.807, 2.05) is 0 Å². The first-order valence-corrected chi connectivity index (χ1v) is 8.94. The zero-order chi connectivity index (χ0) is 19.1. The van der Waals surface area contributed by atoms with Crippen LogP contribution >= 0.6 is 0 Å². The fourth-order valence-corrected chi connectivity index (χ4v) is 2.96. The molecule has 1 aliphatic rings. The van der Waals surface area contributed by atoms with E-state index >= 15 is 0 Å². The number of urea groups is 1. The predicted molar refractivity (Wildman–Crippen MR) is 93.9 cm³/mol. The van der Waals surface area contributed by atoms with Gasteiger partial charge in [0.25, 0.3) is 5.91 Å². The van der Waals surface area contributed by atoms with Crippen LogP contribution in [0.3, 0.4) is 0 Å². The van der Waals surface area contributed by atoms with Crippen LogP contribution in [0.4, 0.5) is 4.79 Å². The highest BCUT2D eigenvalue weighted by Gasteiger charge is 2.19. The van der Waals surface area contributed by atoms with E-state index < -0.39 is 24.5 Å². The highest BCUT2D eigenvalue weighted by Crippen LogP contribution is 2.17. The molecule has 2 N–H and O–H groups in total. The normalized spacial score (nSPS) is 14.5. The van der Waals surface area contributed by atoms with E-state index in [9.17, 15) is 14.4 Å². The Kier molecular flexibility index (Phi) is 6.24. The van der Waals surface area contributed by atoms with Gasteiger partial charge in [0.2, 0.25) is 5.76 Å². The largest absolute Gasteiger partial charge is 0.452 e. The first-order chi connectivity index (χ1) is 13.1. The van der Waals surface area contributed by atoms with Crippen LogP contribution in [0.5, 0.6) is 0 Å². The van der Waals surface area contributed by atoms with Crippen LogP contribution in [0, 0.1) is 0 Å². The summed E-state index contributed by atoms with van der Waals surface area (Å²) in [4.78, 5) is 35.5. The molecule has 9 heteroatoms. The van der Waals surface area contributed by atoms with Crippen LogP contribution in [-0.4, -0.2) is 40.3 Å². The summed E-state index contributed by atoms with van der Waals surface area (Å²) in [6.45, 7) is -0.186. The number of furan rings is 1. The van der Waals surface area contributed by atoms with Crippen LogP contribution in [-0.2, 0) is 16.1 Å². The second kappa shape index (κ2) is 9.02. The standard InChI is InChI=1S/C18H22N4O5/c23-16(21-18(25)20-13-5-2-1-3-6-13)12-26-17(24)15-8-7-14(27-15)11-22-10-4-9-19-22/h4,7-10,13H,1-3,5-6,11-12H2,(H2,20,21,23,25). The van der Waals surface area contributed by atoms with Gasteiger partial charge in [-0.25, -0.2) is 9.59 Å². The molecule has 3 rings (SSSR count). The minimum absolute atomic E-state index is 0.0170. The fraction of sp³-hybridized carbons (Fsp3) is 0.444. The van der Waals surface area contributed by atoms with Gasteiger partial charge in [0.15, 0.2) is 6.61 Å². The monoisotopic (exact) mass is 374 g/mol. The molecule has 2 heterocycles. The minimum Gasteiger partial charge on any atom is -0.452 e. The van der Waals surface area contributed by atoms with E-state index in [1.165, 1.54) is 12.5 Å². The second-order valence-electron chi connectivity index (χ2n) is 6.40. The third kappa shape index (κ3) is 5.70. The smallest absolute Gasteiger partial charge is 0.374 e. The molecule has 0 spiro atoms. The fourth-order valence-electron chi connectivity index (χ4n) is 2.96. The molecule has 0 aromatic carbocycles. The number of nitrogens with one attached hydrogen (secondary N) is 2. The van der Waals surface area contributed by atoms with Crippen LogP contribution in [0.2, 0.25) is 0 Å². The van der Waals surface area contributed by atoms with Crippen molar-refractivity contribution in [2.24, 2.45) is 0 Å². The van der Waals surface area contributed by atoms with E-state index in [-0.39, 0.29) is 11.8 Å². The molecule has 0 bridgehead atoms. The van der Waals surface area contributed by atoms with Crippen LogP contribution < -0.4 is 10.6 Å². The van der Waals surface area contributed by atoms with Gasteiger partial charge in [0, 0.05) is 18.4 Å². The molecule has 2 aromatic rings. The number of aromatic nitrogens is 2. The molecule has 2 aromatic heterocycles. The second-order valence-corrected chi connectivity index (χ2v) is 6.40. The Morgan fingerprint density at radius 3 is 2.78 bits per heavy atom. The lowest BCUT2D eigenvalue weighted by Crippen LogP contribution is -2.46. The van der Waals surface area contributed by atoms with Crippen molar-refractivity contribution in [3.63, 3.8) is 0 Å². The maximum absolute atomic E-state index is 11.9. The highest BCUT2D eigenvalue weighted by atomic mass is 16.5. The lowest BCUT2D eigenvalue weighted by Gasteiger charge is -2.22. The van der Waals surface area contributed by atoms with E-state index in [0.717, 1.165) is 25.7 Å². The van der Waals surface area contributed by atoms with Gasteiger partial charge in [-0.05, 0) is 31.0 Å². The van der Waals surface area contributed by atoms with Gasteiger partial charge in [0.1, 0.15) is 5.76 Å². The maximum atomic E-state index is 11.9. The lowest BCUT2D eigenvalue weighted by atomic mass is 9.96. The van der Waals surface area contributed by atoms with E-state index in [1.54, 1.807) is 29.2 Å². The van der Waals surface area contributed by atoms with E-state index in [0.29, 0.717) is 12.3 Å². The van der Waals surface area contributed by atoms with Gasteiger partial charge in [-0.2, -0.15) is 5.10 Å². The van der Waals surface area contributed by atoms with Crippen molar-refractivity contribution in [2.75, 3.05) is 6.61 Å². The topological polar surface area (TPSA) is 115 Å². The van der Waals surface area contributed by atoms with Gasteiger partial charge < -0.3 is 14.5 Å². The van der Waals surface area contributed by atoms with Crippen LogP contribution in [0.15, 0.2) is 35.0 Å². The third-order valence-corrected chi connectivity index (χ3v) is 4.27. The van der Waals surface area contributed by atoms with Crippen molar-refractivity contribution in [1.29, 1.82) is 0 Å². The van der Waals surface area contributed by atoms with Crippen LogP contribution in [0.25, 0.3) is 0 Å². The van der Waals surface area contributed by atoms with Crippen LogP contribution in [0.1, 0.15) is 48.4 Å². The number of carbonyl (C=O) groups is 3. The van der Waals surface area contributed by atoms with Crippen molar-refractivity contribution in [3.05, 3.63) is 42.1 Å². The Morgan fingerprint density at radius 2 is 2.04 bits per heavy atom. The van der Waals surface area contributed by atoms with Crippen molar-refractivity contribution < 1.29 is 23.5 Å². The third-order valence-electron chi connectivity index (χ3n) is 4.27. The molecule has 3 amide bonds. The molecule has 1 saturated carbocycles. The molecule has 9 nitrogen and oxygen atoms in total. The first kappa shape index (κ1) is 18.7. The summed E-state index contributed by atoms with van der Waals surface area (Å²) in [5, 5.41) is 8.96. The number of hydrogen-bond acceptors (Lipinski definition) is 6. The highest BCUT2D eigenvalue weighted by molar-refractivity contribution is 5.96. The predicted octanol–water partition coefficient (Wildman–Crippen LogP) is 1.84. The Balaban J connectivity index is 1.39. The summed E-state index contributed by atoms with van der Waals surface area (Å²) in [6, 6.07) is 4.40. The molecule has 0 aliphatic heterocycles. The number of hydrogen-bond donors (Lipinski definition) is 2. The summed E-state index contributed by atoms with van der Waals surface area (Å²) >= 11 is 0. The molecule has 0 saturated heterocycles. The molecule has 27 heavy (non-hydrogen) atoms. The van der Waals surface area contributed by atoms with Crippen molar-refractivity contribution in [3.8, 4) is 0 Å². The first-order valence-electron chi connectivity index (χ1n) is 8.94. The Labute approximate surface area is 156 Å². The molecule has 144 valence electrons. The molecule has 0 atom stereocenters. The maximum Gasteiger partial charge on any atom is 0.374 e. The molecule has 1 fully saturated rings. The van der Waals surface area contributed by atoms with Gasteiger partial charge in [0.05, 0.1) is 6.54 Å². The van der Waals surface area contributed by atoms with Crippen molar-refractivity contribution in [1.82, 2.24) is 20.4 Å². The zero-order valence-electron chi connectivity index (χ0n) is 14.8.